The molecule has 2 aromatic heterocycles. The molecule has 0 saturated heterocycles. The van der Waals surface area contributed by atoms with E-state index in [0.717, 1.165) is 72.4 Å². The molecule has 78 heavy (non-hydrogen) atoms. The highest BCUT2D eigenvalue weighted by Gasteiger charge is 2.18. The first-order valence-corrected chi connectivity index (χ1v) is 26.4. The zero-order valence-electron chi connectivity index (χ0n) is 42.2. The smallest absolute Gasteiger partial charge is 0.164 e. The third kappa shape index (κ3) is 7.92. The standard InChI is InChI=1S/C73H45N5/c1-3-17-46(18-4-1)50-21-15-23-52(41-50)68-45-69(53-37-39-64-60-29-9-7-25-56(60)58-27-11-13-31-62(58)66(64)43-53)75-70(74-68)49-35-33-47(34-36-49)51-22-16-24-54(42-51)72-76-71(48-19-5-2-6-20-48)77-73(78-72)55-38-40-65-61-30-10-8-26-57(61)59-28-12-14-32-63(59)67(65)44-55/h1-45H. The number of hydrogen-bond acceptors (Lipinski definition) is 5. The molecular weight excluding hydrogens is 947 g/mol. The quantitative estimate of drug-likeness (QED) is 0.142. The molecule has 0 N–H and O–H groups in total. The highest BCUT2D eigenvalue weighted by atomic mass is 15.0. The molecule has 0 bridgehead atoms. The van der Waals surface area contributed by atoms with Gasteiger partial charge in [-0.25, -0.2) is 24.9 Å². The maximum Gasteiger partial charge on any atom is 0.164 e. The van der Waals surface area contributed by atoms with Crippen molar-refractivity contribution in [2.45, 2.75) is 0 Å². The number of hydrogen-bond donors (Lipinski definition) is 0. The van der Waals surface area contributed by atoms with Gasteiger partial charge in [-0.05, 0) is 117 Å². The van der Waals surface area contributed by atoms with Gasteiger partial charge in [-0.2, -0.15) is 0 Å². The molecule has 2 heterocycles. The van der Waals surface area contributed by atoms with Crippen LogP contribution in [0.15, 0.2) is 273 Å². The Morgan fingerprint density at radius 3 is 0.910 bits per heavy atom. The van der Waals surface area contributed by atoms with Gasteiger partial charge in [-0.1, -0.05) is 243 Å². The van der Waals surface area contributed by atoms with E-state index in [1.54, 1.807) is 0 Å². The van der Waals surface area contributed by atoms with Crippen molar-refractivity contribution in [3.63, 3.8) is 0 Å². The Kier molecular flexibility index (Phi) is 10.8. The summed E-state index contributed by atoms with van der Waals surface area (Å²) in [6.45, 7) is 0. The molecule has 0 radical (unpaired) electrons. The maximum atomic E-state index is 5.36. The predicted octanol–water partition coefficient (Wildman–Crippen LogP) is 18.9. The summed E-state index contributed by atoms with van der Waals surface area (Å²) in [5.41, 5.74) is 11.8. The molecule has 0 aliphatic heterocycles. The Hall–Kier alpha value is -10.5. The van der Waals surface area contributed by atoms with Crippen LogP contribution >= 0.6 is 0 Å². The van der Waals surface area contributed by atoms with E-state index in [1.807, 2.05) is 18.2 Å². The Morgan fingerprint density at radius 2 is 0.410 bits per heavy atom. The molecule has 0 atom stereocenters. The molecule has 0 aliphatic rings. The van der Waals surface area contributed by atoms with Crippen LogP contribution in [-0.4, -0.2) is 24.9 Å². The van der Waals surface area contributed by atoms with Gasteiger partial charge in [-0.3, -0.25) is 0 Å². The minimum Gasteiger partial charge on any atom is -0.228 e. The van der Waals surface area contributed by atoms with Gasteiger partial charge in [0.2, 0.25) is 0 Å². The van der Waals surface area contributed by atoms with Crippen molar-refractivity contribution < 1.29 is 0 Å². The summed E-state index contributed by atoms with van der Waals surface area (Å²) < 4.78 is 0. The van der Waals surface area contributed by atoms with E-state index >= 15 is 0 Å². The summed E-state index contributed by atoms with van der Waals surface area (Å²) in [6.07, 6.45) is 0. The second-order valence-corrected chi connectivity index (χ2v) is 19.9. The lowest BCUT2D eigenvalue weighted by atomic mass is 9.92. The molecule has 0 unspecified atom stereocenters. The van der Waals surface area contributed by atoms with Gasteiger partial charge in [0, 0.05) is 33.4 Å². The second-order valence-electron chi connectivity index (χ2n) is 19.9. The Morgan fingerprint density at radius 1 is 0.141 bits per heavy atom. The zero-order chi connectivity index (χ0) is 51.5. The van der Waals surface area contributed by atoms with E-state index in [9.17, 15) is 0 Å². The van der Waals surface area contributed by atoms with Crippen LogP contribution < -0.4 is 0 Å². The molecule has 5 nitrogen and oxygen atoms in total. The molecule has 0 saturated carbocycles. The first-order valence-electron chi connectivity index (χ1n) is 26.4. The highest BCUT2D eigenvalue weighted by Crippen LogP contribution is 2.40. The van der Waals surface area contributed by atoms with Crippen LogP contribution in [0.3, 0.4) is 0 Å². The average Bonchev–Trinajstić information content (AvgIpc) is 3.71. The van der Waals surface area contributed by atoms with Gasteiger partial charge in [0.15, 0.2) is 23.3 Å². The van der Waals surface area contributed by atoms with Crippen LogP contribution in [0.25, 0.3) is 155 Å². The molecule has 13 aromatic carbocycles. The number of nitrogens with zero attached hydrogens (tertiary/aromatic N) is 5. The van der Waals surface area contributed by atoms with Crippen LogP contribution in [0.5, 0.6) is 0 Å². The van der Waals surface area contributed by atoms with Crippen LogP contribution in [0.1, 0.15) is 0 Å². The van der Waals surface area contributed by atoms with Gasteiger partial charge >= 0.3 is 0 Å². The summed E-state index contributed by atoms with van der Waals surface area (Å²) >= 11 is 0. The zero-order valence-corrected chi connectivity index (χ0v) is 42.2. The predicted molar refractivity (Wildman–Crippen MR) is 324 cm³/mol. The first kappa shape index (κ1) is 44.9. The molecule has 362 valence electrons. The third-order valence-corrected chi connectivity index (χ3v) is 15.3. The molecule has 5 heteroatoms. The average molecular weight is 992 g/mol. The number of fused-ring (bicyclic) bond motifs is 12. The van der Waals surface area contributed by atoms with Crippen molar-refractivity contribution in [1.29, 1.82) is 0 Å². The molecule has 0 fully saturated rings. The van der Waals surface area contributed by atoms with Crippen molar-refractivity contribution >= 4 is 64.6 Å². The molecule has 15 rings (SSSR count). The lowest BCUT2D eigenvalue weighted by molar-refractivity contribution is 1.07. The summed E-state index contributed by atoms with van der Waals surface area (Å²) in [7, 11) is 0. The van der Waals surface area contributed by atoms with Gasteiger partial charge in [0.1, 0.15) is 0 Å². The van der Waals surface area contributed by atoms with Crippen LogP contribution in [0, 0.1) is 0 Å². The molecular formula is C73H45N5. The second kappa shape index (κ2) is 18.7. The Bertz CT molecular complexity index is 4770. The van der Waals surface area contributed by atoms with Gasteiger partial charge in [0.05, 0.1) is 11.4 Å². The van der Waals surface area contributed by atoms with Crippen LogP contribution in [-0.2, 0) is 0 Å². The lowest BCUT2D eigenvalue weighted by Crippen LogP contribution is -2.00. The van der Waals surface area contributed by atoms with Gasteiger partial charge < -0.3 is 0 Å². The van der Waals surface area contributed by atoms with Crippen molar-refractivity contribution in [2.24, 2.45) is 0 Å². The lowest BCUT2D eigenvalue weighted by Gasteiger charge is -2.14. The fourth-order valence-electron chi connectivity index (χ4n) is 11.5. The van der Waals surface area contributed by atoms with Crippen LogP contribution in [0.4, 0.5) is 0 Å². The number of aromatic nitrogens is 5. The maximum absolute atomic E-state index is 5.36. The normalized spacial score (nSPS) is 11.6. The Labute approximate surface area is 450 Å². The van der Waals surface area contributed by atoms with E-state index in [1.165, 1.54) is 59.2 Å². The van der Waals surface area contributed by atoms with Crippen LogP contribution in [0.2, 0.25) is 0 Å². The fraction of sp³-hybridized carbons (Fsp3) is 0. The summed E-state index contributed by atoms with van der Waals surface area (Å²) in [4.78, 5) is 26.2. The molecule has 15 aromatic rings. The fourth-order valence-corrected chi connectivity index (χ4v) is 11.5. The van der Waals surface area contributed by atoms with E-state index < -0.39 is 0 Å². The summed E-state index contributed by atoms with van der Waals surface area (Å²) in [5.74, 6) is 2.49. The molecule has 0 amide bonds. The van der Waals surface area contributed by atoms with Crippen molar-refractivity contribution in [1.82, 2.24) is 24.9 Å². The SMILES string of the molecule is c1ccc(-c2cccc(-c3cc(-c4ccc5c6ccccc6c6ccccc6c5c4)nc(-c4ccc(-c5cccc(-c6nc(-c7ccccc7)nc(-c7ccc8c9ccccc9c9ccccc9c8c7)n6)c5)cc4)n3)c2)cc1. The highest BCUT2D eigenvalue weighted by molar-refractivity contribution is 6.27. The monoisotopic (exact) mass is 991 g/mol. The first-order chi connectivity index (χ1) is 38.6. The topological polar surface area (TPSA) is 64.5 Å². The van der Waals surface area contributed by atoms with Gasteiger partial charge in [-0.15, -0.1) is 0 Å². The molecule has 0 aliphatic carbocycles. The minimum atomic E-state index is 0.602. The number of rotatable bonds is 8. The van der Waals surface area contributed by atoms with Crippen molar-refractivity contribution in [2.75, 3.05) is 0 Å². The van der Waals surface area contributed by atoms with E-state index in [-0.39, 0.29) is 0 Å². The third-order valence-electron chi connectivity index (χ3n) is 15.3. The Balaban J connectivity index is 0.823. The van der Waals surface area contributed by atoms with Crippen molar-refractivity contribution in [3.8, 4) is 90.3 Å². The van der Waals surface area contributed by atoms with E-state index in [2.05, 4.69) is 255 Å². The molecule has 0 spiro atoms. The van der Waals surface area contributed by atoms with E-state index in [0.29, 0.717) is 23.3 Å². The number of benzene rings is 13. The largest absolute Gasteiger partial charge is 0.228 e. The van der Waals surface area contributed by atoms with Gasteiger partial charge in [0.25, 0.3) is 0 Å². The van der Waals surface area contributed by atoms with Crippen molar-refractivity contribution in [3.05, 3.63) is 273 Å². The summed E-state index contributed by atoms with van der Waals surface area (Å²) in [5, 5.41) is 14.6. The minimum absolute atomic E-state index is 0.602. The summed E-state index contributed by atoms with van der Waals surface area (Å²) in [6, 6.07) is 96.6. The van der Waals surface area contributed by atoms with E-state index in [4.69, 9.17) is 24.9 Å².